The molecule has 38 heavy (non-hydrogen) atoms. The summed E-state index contributed by atoms with van der Waals surface area (Å²) in [6, 6.07) is 9.53. The van der Waals surface area contributed by atoms with Gasteiger partial charge in [0.05, 0.1) is 18.1 Å². The van der Waals surface area contributed by atoms with Gasteiger partial charge in [-0.1, -0.05) is 48.5 Å². The number of carbonyl (C=O) groups excluding carboxylic acids is 1. The van der Waals surface area contributed by atoms with Crippen LogP contribution >= 0.6 is 0 Å². The highest BCUT2D eigenvalue weighted by molar-refractivity contribution is 5.83. The quantitative estimate of drug-likeness (QED) is 0.236. The summed E-state index contributed by atoms with van der Waals surface area (Å²) in [4.78, 5) is 23.9. The molecule has 6 nitrogen and oxygen atoms in total. The van der Waals surface area contributed by atoms with Crippen molar-refractivity contribution in [3.8, 4) is 11.1 Å². The molecule has 0 saturated heterocycles. The summed E-state index contributed by atoms with van der Waals surface area (Å²) in [5.41, 5.74) is 5.01. The topological polar surface area (TPSA) is 104 Å². The number of nitrogens with two attached hydrogens (primary N) is 1. The first kappa shape index (κ1) is 28.0. The van der Waals surface area contributed by atoms with Gasteiger partial charge in [0, 0.05) is 11.8 Å². The number of carbonyl (C=O) groups is 2. The molecule has 2 aromatic carbocycles. The standard InChI is InChI=1S/C28H33F4N3O3/c1-25(2,29)15-21(24(38)35-27(33)13-14-27)34-23(28(30,31)32)19-5-3-17(4-6-19)18-7-9-20(10-8-18)26(11-12-26)16-22(36)37/h3-10,21,23,34H,11-16,33H2,1-2H3,(H,35,38)(H,36,37)/t21-,23-/m0/s1. The highest BCUT2D eigenvalue weighted by Crippen LogP contribution is 2.51. The molecule has 0 aromatic heterocycles. The lowest BCUT2D eigenvalue weighted by Gasteiger charge is -2.30. The largest absolute Gasteiger partial charge is 0.481 e. The number of hydrogen-bond donors (Lipinski definition) is 4. The molecule has 0 unspecified atom stereocenters. The molecule has 0 radical (unpaired) electrons. The molecule has 0 heterocycles. The molecule has 2 fully saturated rings. The molecule has 2 aliphatic rings. The minimum Gasteiger partial charge on any atom is -0.481 e. The first-order valence-corrected chi connectivity index (χ1v) is 12.6. The summed E-state index contributed by atoms with van der Waals surface area (Å²) in [6.07, 6.45) is -2.50. The molecule has 0 spiro atoms. The maximum Gasteiger partial charge on any atom is 0.407 e. The predicted molar refractivity (Wildman–Crippen MR) is 135 cm³/mol. The Morgan fingerprint density at radius 2 is 1.47 bits per heavy atom. The van der Waals surface area contributed by atoms with Gasteiger partial charge in [-0.25, -0.2) is 4.39 Å². The van der Waals surface area contributed by atoms with Gasteiger partial charge in [0.1, 0.15) is 11.7 Å². The number of carboxylic acids is 1. The molecule has 2 aliphatic carbocycles. The van der Waals surface area contributed by atoms with E-state index in [-0.39, 0.29) is 17.4 Å². The van der Waals surface area contributed by atoms with Crippen molar-refractivity contribution in [1.29, 1.82) is 0 Å². The van der Waals surface area contributed by atoms with Gasteiger partial charge in [-0.15, -0.1) is 0 Å². The van der Waals surface area contributed by atoms with Gasteiger partial charge >= 0.3 is 12.1 Å². The lowest BCUT2D eigenvalue weighted by atomic mass is 9.90. The lowest BCUT2D eigenvalue weighted by molar-refractivity contribution is -0.161. The van der Waals surface area contributed by atoms with Gasteiger partial charge in [0.15, 0.2) is 0 Å². The zero-order chi connectivity index (χ0) is 27.9. The van der Waals surface area contributed by atoms with Crippen LogP contribution in [0.1, 0.15) is 69.5 Å². The van der Waals surface area contributed by atoms with Crippen LogP contribution < -0.4 is 16.4 Å². The molecule has 1 amide bonds. The fraction of sp³-hybridized carbons (Fsp3) is 0.500. The van der Waals surface area contributed by atoms with E-state index in [9.17, 15) is 32.3 Å². The van der Waals surface area contributed by atoms with Crippen molar-refractivity contribution in [3.05, 3.63) is 59.7 Å². The maximum atomic E-state index is 14.4. The van der Waals surface area contributed by atoms with Crippen LogP contribution in [-0.2, 0) is 15.0 Å². The van der Waals surface area contributed by atoms with Crippen molar-refractivity contribution in [2.75, 3.05) is 0 Å². The summed E-state index contributed by atoms with van der Waals surface area (Å²) in [5, 5.41) is 14.0. The second-order valence-electron chi connectivity index (χ2n) is 11.3. The third-order valence-corrected chi connectivity index (χ3v) is 7.28. The summed E-state index contributed by atoms with van der Waals surface area (Å²) in [5.74, 6) is -1.61. The fourth-order valence-electron chi connectivity index (χ4n) is 4.78. The zero-order valence-corrected chi connectivity index (χ0v) is 21.4. The van der Waals surface area contributed by atoms with E-state index in [0.29, 0.717) is 18.4 Å². The Kier molecular flexibility index (Phi) is 7.35. The number of carboxylic acid groups (broad SMARTS) is 1. The lowest BCUT2D eigenvalue weighted by Crippen LogP contribution is -2.55. The van der Waals surface area contributed by atoms with E-state index in [1.165, 1.54) is 26.0 Å². The van der Waals surface area contributed by atoms with E-state index in [0.717, 1.165) is 24.0 Å². The number of aliphatic carboxylic acids is 1. The third kappa shape index (κ3) is 6.91. The highest BCUT2D eigenvalue weighted by Gasteiger charge is 2.47. The average molecular weight is 536 g/mol. The van der Waals surface area contributed by atoms with Crippen molar-refractivity contribution in [3.63, 3.8) is 0 Å². The normalized spacial score (nSPS) is 19.3. The number of benzene rings is 2. The van der Waals surface area contributed by atoms with Crippen LogP contribution in [0.25, 0.3) is 11.1 Å². The number of alkyl halides is 4. The van der Waals surface area contributed by atoms with Gasteiger partial charge in [-0.2, -0.15) is 13.2 Å². The zero-order valence-electron chi connectivity index (χ0n) is 21.4. The Balaban J connectivity index is 1.53. The molecule has 2 aromatic rings. The Bertz CT molecular complexity index is 1170. The number of amides is 1. The third-order valence-electron chi connectivity index (χ3n) is 7.28. The Labute approximate surface area is 219 Å². The van der Waals surface area contributed by atoms with E-state index in [4.69, 9.17) is 5.73 Å². The number of hydrogen-bond acceptors (Lipinski definition) is 4. The minimum atomic E-state index is -4.75. The first-order chi connectivity index (χ1) is 17.6. The van der Waals surface area contributed by atoms with Crippen LogP contribution in [0, 0.1) is 0 Å². The summed E-state index contributed by atoms with van der Waals surface area (Å²) < 4.78 is 56.8. The summed E-state index contributed by atoms with van der Waals surface area (Å²) in [6.45, 7) is 2.42. The van der Waals surface area contributed by atoms with Crippen molar-refractivity contribution in [1.82, 2.24) is 10.6 Å². The molecule has 2 saturated carbocycles. The number of halogens is 4. The monoisotopic (exact) mass is 535 g/mol. The molecule has 0 aliphatic heterocycles. The van der Waals surface area contributed by atoms with Crippen molar-refractivity contribution < 1.29 is 32.3 Å². The smallest absolute Gasteiger partial charge is 0.407 e. The molecule has 0 bridgehead atoms. The summed E-state index contributed by atoms with van der Waals surface area (Å²) >= 11 is 0. The van der Waals surface area contributed by atoms with E-state index in [1.54, 1.807) is 12.1 Å². The fourth-order valence-corrected chi connectivity index (χ4v) is 4.78. The number of rotatable bonds is 11. The molecule has 206 valence electrons. The van der Waals surface area contributed by atoms with Crippen LogP contribution in [0.4, 0.5) is 17.6 Å². The number of nitrogens with one attached hydrogen (secondary N) is 2. The van der Waals surface area contributed by atoms with Crippen LogP contribution in [0.3, 0.4) is 0 Å². The van der Waals surface area contributed by atoms with Crippen molar-refractivity contribution in [2.45, 2.75) is 87.4 Å². The first-order valence-electron chi connectivity index (χ1n) is 12.6. The molecular formula is C28H33F4N3O3. The van der Waals surface area contributed by atoms with Crippen molar-refractivity contribution in [2.24, 2.45) is 5.73 Å². The Morgan fingerprint density at radius 3 is 1.89 bits per heavy atom. The molecule has 2 atom stereocenters. The maximum absolute atomic E-state index is 14.4. The average Bonchev–Trinajstić information content (AvgIpc) is 3.73. The van der Waals surface area contributed by atoms with Gasteiger partial charge in [0.25, 0.3) is 0 Å². The van der Waals surface area contributed by atoms with Crippen LogP contribution in [0.2, 0.25) is 0 Å². The Morgan fingerprint density at radius 1 is 0.947 bits per heavy atom. The van der Waals surface area contributed by atoms with Gasteiger partial charge < -0.3 is 16.2 Å². The van der Waals surface area contributed by atoms with Crippen LogP contribution in [0.5, 0.6) is 0 Å². The van der Waals surface area contributed by atoms with Gasteiger partial charge in [0.2, 0.25) is 5.91 Å². The van der Waals surface area contributed by atoms with E-state index in [2.05, 4.69) is 10.6 Å². The van der Waals surface area contributed by atoms with E-state index < -0.39 is 47.9 Å². The summed E-state index contributed by atoms with van der Waals surface area (Å²) in [7, 11) is 0. The molecular weight excluding hydrogens is 502 g/mol. The van der Waals surface area contributed by atoms with Crippen molar-refractivity contribution >= 4 is 11.9 Å². The second kappa shape index (κ2) is 9.96. The molecule has 5 N–H and O–H groups in total. The van der Waals surface area contributed by atoms with Crippen LogP contribution in [0.15, 0.2) is 48.5 Å². The second-order valence-corrected chi connectivity index (χ2v) is 11.3. The van der Waals surface area contributed by atoms with Crippen LogP contribution in [-0.4, -0.2) is 40.5 Å². The highest BCUT2D eigenvalue weighted by atomic mass is 19.4. The Hall–Kier alpha value is -2.98. The minimum absolute atomic E-state index is 0.0672. The predicted octanol–water partition coefficient (Wildman–Crippen LogP) is 5.12. The molecule has 10 heteroatoms. The SMILES string of the molecule is CC(C)(F)C[C@H](N[C@@H](c1ccc(-c2ccc(C3(CC(=O)O)CC3)cc2)cc1)C(F)(F)F)C(=O)NC1(N)CC1. The molecule has 4 rings (SSSR count). The van der Waals surface area contributed by atoms with E-state index >= 15 is 0 Å². The van der Waals surface area contributed by atoms with E-state index in [1.807, 2.05) is 24.3 Å². The van der Waals surface area contributed by atoms with Gasteiger partial charge in [-0.3, -0.25) is 14.9 Å². The van der Waals surface area contributed by atoms with Gasteiger partial charge in [-0.05, 0) is 61.8 Å².